The van der Waals surface area contributed by atoms with Gasteiger partial charge in [0.25, 0.3) is 0 Å². The Labute approximate surface area is 127 Å². The van der Waals surface area contributed by atoms with Crippen LogP contribution in [0.25, 0.3) is 0 Å². The van der Waals surface area contributed by atoms with Crippen LogP contribution in [0.3, 0.4) is 0 Å². The number of sulfonamides is 1. The summed E-state index contributed by atoms with van der Waals surface area (Å²) in [5.41, 5.74) is 3.06. The molecule has 3 N–H and O–H groups in total. The monoisotopic (exact) mass is 327 g/mol. The van der Waals surface area contributed by atoms with Crippen LogP contribution in [0.15, 0.2) is 41.7 Å². The van der Waals surface area contributed by atoms with Crippen LogP contribution in [0, 0.1) is 0 Å². The number of nitrogens with two attached hydrogens (primary N) is 1. The maximum absolute atomic E-state index is 12.4. The van der Waals surface area contributed by atoms with E-state index in [-0.39, 0.29) is 22.3 Å². The molecule has 0 aliphatic carbocycles. The molecule has 7 nitrogen and oxygen atoms in total. The average molecular weight is 328 g/mol. The van der Waals surface area contributed by atoms with Crippen LogP contribution in [0.5, 0.6) is 0 Å². The molecular formula is C12H14ClN5O2S. The molecule has 0 bridgehead atoms. The van der Waals surface area contributed by atoms with E-state index < -0.39 is 10.0 Å². The van der Waals surface area contributed by atoms with Crippen molar-refractivity contribution in [2.75, 3.05) is 12.5 Å². The number of hydrogen-bond donors (Lipinski definition) is 2. The van der Waals surface area contributed by atoms with Gasteiger partial charge in [-0.25, -0.2) is 19.2 Å². The minimum atomic E-state index is -3.69. The number of nitrogen functional groups attached to an aromatic ring is 1. The zero-order valence-electron chi connectivity index (χ0n) is 11.2. The Balaban J connectivity index is 2.27. The summed E-state index contributed by atoms with van der Waals surface area (Å²) in [7, 11) is -2.22. The lowest BCUT2D eigenvalue weighted by atomic mass is 10.3. The Morgan fingerprint density at radius 3 is 2.76 bits per heavy atom. The maximum Gasteiger partial charge on any atom is 0.244 e. The number of rotatable bonds is 5. The fourth-order valence-electron chi connectivity index (χ4n) is 1.68. The van der Waals surface area contributed by atoms with Crippen LogP contribution >= 0.6 is 11.6 Å². The molecule has 0 unspecified atom stereocenters. The molecule has 0 aromatic carbocycles. The normalized spacial score (nSPS) is 11.6. The summed E-state index contributed by atoms with van der Waals surface area (Å²) in [5.74, 6) is 5.42. The molecule has 0 aliphatic heterocycles. The first kappa shape index (κ1) is 15.6. The Bertz CT molecular complexity index is 724. The summed E-state index contributed by atoms with van der Waals surface area (Å²) < 4.78 is 26.1. The molecule has 2 rings (SSSR count). The maximum atomic E-state index is 12.4. The lowest BCUT2D eigenvalue weighted by Gasteiger charge is -2.17. The van der Waals surface area contributed by atoms with E-state index in [1.54, 1.807) is 24.5 Å². The summed E-state index contributed by atoms with van der Waals surface area (Å²) in [6.45, 7) is 0.199. The van der Waals surface area contributed by atoms with Gasteiger partial charge in [-0.1, -0.05) is 17.7 Å². The highest BCUT2D eigenvalue weighted by Crippen LogP contribution is 2.24. The number of hydrazine groups is 1. The van der Waals surface area contributed by atoms with E-state index in [9.17, 15) is 8.42 Å². The Kier molecular flexibility index (Phi) is 4.73. The van der Waals surface area contributed by atoms with Crippen LogP contribution in [-0.2, 0) is 16.6 Å². The highest BCUT2D eigenvalue weighted by molar-refractivity contribution is 7.89. The van der Waals surface area contributed by atoms with Gasteiger partial charge in [0, 0.05) is 32.2 Å². The average Bonchev–Trinajstić information content (AvgIpc) is 2.48. The molecule has 0 radical (unpaired) electrons. The molecule has 0 saturated carbocycles. The van der Waals surface area contributed by atoms with Crippen molar-refractivity contribution in [1.82, 2.24) is 14.3 Å². The van der Waals surface area contributed by atoms with Gasteiger partial charge in [0.1, 0.15) is 4.90 Å². The van der Waals surface area contributed by atoms with Gasteiger partial charge in [0.2, 0.25) is 10.0 Å². The predicted molar refractivity (Wildman–Crippen MR) is 79.9 cm³/mol. The highest BCUT2D eigenvalue weighted by atomic mass is 35.5. The number of pyridine rings is 2. The van der Waals surface area contributed by atoms with Gasteiger partial charge in [-0.2, -0.15) is 4.31 Å². The van der Waals surface area contributed by atoms with Gasteiger partial charge in [-0.15, -0.1) is 0 Å². The van der Waals surface area contributed by atoms with E-state index in [0.717, 1.165) is 5.56 Å². The molecule has 0 aliphatic rings. The molecule has 0 saturated heterocycles. The van der Waals surface area contributed by atoms with Gasteiger partial charge >= 0.3 is 0 Å². The molecule has 0 amide bonds. The van der Waals surface area contributed by atoms with Crippen LogP contribution in [-0.4, -0.2) is 29.7 Å². The van der Waals surface area contributed by atoms with E-state index in [2.05, 4.69) is 15.4 Å². The topological polar surface area (TPSA) is 101 Å². The minimum absolute atomic E-state index is 0.00195. The van der Waals surface area contributed by atoms with E-state index in [4.69, 9.17) is 17.4 Å². The van der Waals surface area contributed by atoms with Crippen LogP contribution < -0.4 is 11.3 Å². The second-order valence-electron chi connectivity index (χ2n) is 4.27. The number of aromatic nitrogens is 2. The second kappa shape index (κ2) is 6.35. The zero-order valence-corrected chi connectivity index (χ0v) is 12.8. The summed E-state index contributed by atoms with van der Waals surface area (Å²) >= 11 is 5.90. The Morgan fingerprint density at radius 1 is 1.43 bits per heavy atom. The SMILES string of the molecule is CN(Cc1cccnc1)S(=O)(=O)c1cnc(NN)c(Cl)c1. The molecule has 2 heterocycles. The first-order valence-electron chi connectivity index (χ1n) is 5.92. The van der Waals surface area contributed by atoms with Crippen molar-refractivity contribution in [3.63, 3.8) is 0 Å². The van der Waals surface area contributed by atoms with Crippen LogP contribution in [0.2, 0.25) is 5.02 Å². The molecule has 2 aromatic heterocycles. The first-order valence-corrected chi connectivity index (χ1v) is 7.74. The quantitative estimate of drug-likeness (QED) is 0.633. The van der Waals surface area contributed by atoms with E-state index in [1.165, 1.54) is 23.6 Å². The summed E-state index contributed by atoms with van der Waals surface area (Å²) in [4.78, 5) is 7.82. The second-order valence-corrected chi connectivity index (χ2v) is 6.72. The molecule has 9 heteroatoms. The summed E-state index contributed by atoms with van der Waals surface area (Å²) in [6, 6.07) is 4.85. The van der Waals surface area contributed by atoms with Crippen molar-refractivity contribution < 1.29 is 8.42 Å². The molecule has 0 atom stereocenters. The Morgan fingerprint density at radius 2 is 2.19 bits per heavy atom. The van der Waals surface area contributed by atoms with Gasteiger partial charge in [-0.05, 0) is 17.7 Å². The van der Waals surface area contributed by atoms with E-state index in [1.807, 2.05) is 0 Å². The Hall–Kier alpha value is -1.74. The van der Waals surface area contributed by atoms with E-state index in [0.29, 0.717) is 0 Å². The first-order chi connectivity index (χ1) is 9.95. The predicted octanol–water partition coefficient (Wildman–Crippen LogP) is 1.24. The number of halogens is 1. The molecular weight excluding hydrogens is 314 g/mol. The third kappa shape index (κ3) is 3.48. The zero-order chi connectivity index (χ0) is 15.5. The van der Waals surface area contributed by atoms with Crippen molar-refractivity contribution in [2.45, 2.75) is 11.4 Å². The molecule has 0 fully saturated rings. The van der Waals surface area contributed by atoms with Crippen molar-refractivity contribution in [3.8, 4) is 0 Å². The molecule has 2 aromatic rings. The van der Waals surface area contributed by atoms with Gasteiger partial charge in [-0.3, -0.25) is 4.98 Å². The van der Waals surface area contributed by atoms with Crippen molar-refractivity contribution >= 4 is 27.4 Å². The molecule has 21 heavy (non-hydrogen) atoms. The van der Waals surface area contributed by atoms with Crippen LogP contribution in [0.1, 0.15) is 5.56 Å². The fourth-order valence-corrected chi connectivity index (χ4v) is 3.10. The number of nitrogens with one attached hydrogen (secondary N) is 1. The van der Waals surface area contributed by atoms with Gasteiger partial charge in [0.15, 0.2) is 5.82 Å². The smallest absolute Gasteiger partial charge is 0.244 e. The van der Waals surface area contributed by atoms with Gasteiger partial charge < -0.3 is 5.43 Å². The largest absolute Gasteiger partial charge is 0.307 e. The van der Waals surface area contributed by atoms with Gasteiger partial charge in [0.05, 0.1) is 5.02 Å². The molecule has 112 valence electrons. The fraction of sp³-hybridized carbons (Fsp3) is 0.167. The molecule has 0 spiro atoms. The van der Waals surface area contributed by atoms with E-state index >= 15 is 0 Å². The highest BCUT2D eigenvalue weighted by Gasteiger charge is 2.22. The number of hydrogen-bond acceptors (Lipinski definition) is 6. The number of nitrogens with zero attached hydrogens (tertiary/aromatic N) is 3. The van der Waals surface area contributed by atoms with Crippen LogP contribution in [0.4, 0.5) is 5.82 Å². The summed E-state index contributed by atoms with van der Waals surface area (Å²) in [6.07, 6.45) is 4.44. The summed E-state index contributed by atoms with van der Waals surface area (Å²) in [5, 5.41) is 0.133. The minimum Gasteiger partial charge on any atom is -0.307 e. The third-order valence-corrected chi connectivity index (χ3v) is 4.85. The van der Waals surface area contributed by atoms with Crippen molar-refractivity contribution in [1.29, 1.82) is 0 Å². The number of anilines is 1. The van der Waals surface area contributed by atoms with Crippen molar-refractivity contribution in [3.05, 3.63) is 47.4 Å². The lowest BCUT2D eigenvalue weighted by molar-refractivity contribution is 0.466. The lowest BCUT2D eigenvalue weighted by Crippen LogP contribution is -2.26. The van der Waals surface area contributed by atoms with Crippen molar-refractivity contribution in [2.24, 2.45) is 5.84 Å². The standard InChI is InChI=1S/C12H14ClN5O2S/c1-18(8-9-3-2-4-15-6-9)21(19,20)10-5-11(13)12(17-14)16-7-10/h2-7H,8,14H2,1H3,(H,16,17). The third-order valence-electron chi connectivity index (χ3n) is 2.79.